The van der Waals surface area contributed by atoms with Crippen LogP contribution in [0.2, 0.25) is 0 Å². The zero-order chi connectivity index (χ0) is 17.1. The summed E-state index contributed by atoms with van der Waals surface area (Å²) in [6.45, 7) is 5.74. The summed E-state index contributed by atoms with van der Waals surface area (Å²) in [5.74, 6) is -0.130. The Morgan fingerprint density at radius 2 is 1.96 bits per heavy atom. The Bertz CT molecular complexity index is 769. The molecule has 2 saturated heterocycles. The van der Waals surface area contributed by atoms with Crippen LogP contribution in [0.5, 0.6) is 0 Å². The van der Waals surface area contributed by atoms with Crippen molar-refractivity contribution < 1.29 is 19.3 Å². The number of ether oxygens (including phenoxy) is 3. The smallest absolute Gasteiger partial charge is 0.174 e. The van der Waals surface area contributed by atoms with Crippen molar-refractivity contribution in [3.8, 4) is 0 Å². The standard InChI is InChI=1S/C21H26O4/c1-13-3-4-15-14(11-13)5-7-19-16-6-8-20(23-9-10-24-20)18(16,2)12-17(22)21(15,19)25-19/h3-4,11,16-17,22H,5-10,12H2,1-2H3/t16-,17-,18+,19+,21?/m1/s1. The molecule has 2 aliphatic heterocycles. The molecule has 134 valence electrons. The number of aliphatic hydroxyl groups is 1. The van der Waals surface area contributed by atoms with E-state index in [4.69, 9.17) is 14.2 Å². The van der Waals surface area contributed by atoms with E-state index in [1.807, 2.05) is 0 Å². The summed E-state index contributed by atoms with van der Waals surface area (Å²) in [6.07, 6.45) is 4.20. The van der Waals surface area contributed by atoms with Gasteiger partial charge in [0.05, 0.1) is 19.3 Å². The molecule has 1 spiro atoms. The molecule has 0 amide bonds. The number of hydrogen-bond donors (Lipinski definition) is 1. The van der Waals surface area contributed by atoms with E-state index < -0.39 is 17.5 Å². The van der Waals surface area contributed by atoms with Crippen LogP contribution in [0, 0.1) is 18.3 Å². The van der Waals surface area contributed by atoms with Crippen LogP contribution in [0.3, 0.4) is 0 Å². The number of hydrogen-bond acceptors (Lipinski definition) is 4. The summed E-state index contributed by atoms with van der Waals surface area (Å²) in [7, 11) is 0. The fourth-order valence-corrected chi connectivity index (χ4v) is 7.15. The van der Waals surface area contributed by atoms with Crippen LogP contribution in [0.1, 0.15) is 49.3 Å². The molecule has 0 aromatic heterocycles. The van der Waals surface area contributed by atoms with E-state index >= 15 is 0 Å². The molecule has 5 aliphatic rings. The lowest BCUT2D eigenvalue weighted by Crippen LogP contribution is -2.59. The van der Waals surface area contributed by atoms with Gasteiger partial charge in [-0.3, -0.25) is 0 Å². The number of fused-ring (bicyclic) bond motifs is 3. The van der Waals surface area contributed by atoms with Gasteiger partial charge in [-0.1, -0.05) is 30.7 Å². The van der Waals surface area contributed by atoms with Gasteiger partial charge in [0.25, 0.3) is 0 Å². The Morgan fingerprint density at radius 3 is 2.76 bits per heavy atom. The Hall–Kier alpha value is -0.940. The highest BCUT2D eigenvalue weighted by molar-refractivity contribution is 5.49. The average molecular weight is 342 g/mol. The van der Waals surface area contributed by atoms with E-state index in [1.54, 1.807) is 0 Å². The van der Waals surface area contributed by atoms with Gasteiger partial charge < -0.3 is 19.3 Å². The lowest BCUT2D eigenvalue weighted by Gasteiger charge is -2.51. The van der Waals surface area contributed by atoms with Gasteiger partial charge >= 0.3 is 0 Å². The highest BCUT2D eigenvalue weighted by atomic mass is 16.7. The zero-order valence-electron chi connectivity index (χ0n) is 15.0. The maximum atomic E-state index is 11.3. The summed E-state index contributed by atoms with van der Waals surface area (Å²) in [6, 6.07) is 6.63. The summed E-state index contributed by atoms with van der Waals surface area (Å²) in [5, 5.41) is 11.3. The molecule has 1 unspecified atom stereocenters. The second-order valence-corrected chi connectivity index (χ2v) is 9.07. The van der Waals surface area contributed by atoms with Crippen LogP contribution in [0.4, 0.5) is 0 Å². The maximum absolute atomic E-state index is 11.3. The van der Waals surface area contributed by atoms with Crippen molar-refractivity contribution in [2.75, 3.05) is 13.2 Å². The van der Waals surface area contributed by atoms with E-state index in [0.29, 0.717) is 25.6 Å². The Balaban J connectivity index is 1.50. The molecule has 0 radical (unpaired) electrons. The van der Waals surface area contributed by atoms with Crippen LogP contribution >= 0.6 is 0 Å². The van der Waals surface area contributed by atoms with Gasteiger partial charge in [-0.2, -0.15) is 0 Å². The molecule has 4 heteroatoms. The number of epoxide rings is 1. The van der Waals surface area contributed by atoms with Gasteiger partial charge in [0.2, 0.25) is 0 Å². The molecule has 1 aromatic carbocycles. The molecule has 4 fully saturated rings. The quantitative estimate of drug-likeness (QED) is 0.737. The Labute approximate surface area is 148 Å². The van der Waals surface area contributed by atoms with Crippen LogP contribution < -0.4 is 0 Å². The monoisotopic (exact) mass is 342 g/mol. The molecule has 2 saturated carbocycles. The van der Waals surface area contributed by atoms with Gasteiger partial charge in [0.1, 0.15) is 11.2 Å². The predicted octanol–water partition coefficient (Wildman–Crippen LogP) is 2.83. The molecule has 0 bridgehead atoms. The normalized spacial score (nSPS) is 48.6. The Morgan fingerprint density at radius 1 is 1.16 bits per heavy atom. The second-order valence-electron chi connectivity index (χ2n) is 9.07. The predicted molar refractivity (Wildman–Crippen MR) is 91.1 cm³/mol. The SMILES string of the molecule is Cc1ccc2c(c1)CC[C@@]13OC21[C@H](O)C[C@@]1(C)[C@H]3CCC12OCCO2. The van der Waals surface area contributed by atoms with Crippen molar-refractivity contribution in [3.63, 3.8) is 0 Å². The minimum atomic E-state index is -0.515. The van der Waals surface area contributed by atoms with Crippen molar-refractivity contribution in [1.82, 2.24) is 0 Å². The number of aliphatic hydroxyl groups excluding tert-OH is 1. The lowest BCUT2D eigenvalue weighted by molar-refractivity contribution is -0.242. The fraction of sp³-hybridized carbons (Fsp3) is 0.714. The number of aryl methyl sites for hydroxylation is 2. The lowest BCUT2D eigenvalue weighted by atomic mass is 9.53. The van der Waals surface area contributed by atoms with E-state index in [0.717, 1.165) is 25.7 Å². The van der Waals surface area contributed by atoms with Crippen LogP contribution in [-0.4, -0.2) is 35.8 Å². The zero-order valence-corrected chi connectivity index (χ0v) is 15.0. The third kappa shape index (κ3) is 1.45. The molecular formula is C21H26O4. The van der Waals surface area contributed by atoms with Crippen molar-refractivity contribution in [3.05, 3.63) is 34.9 Å². The first-order valence-electron chi connectivity index (χ1n) is 9.74. The maximum Gasteiger partial charge on any atom is 0.174 e. The van der Waals surface area contributed by atoms with Gasteiger partial charge in [0.15, 0.2) is 5.79 Å². The molecule has 6 rings (SSSR count). The van der Waals surface area contributed by atoms with E-state index in [2.05, 4.69) is 32.0 Å². The molecule has 25 heavy (non-hydrogen) atoms. The largest absolute Gasteiger partial charge is 0.390 e. The molecule has 3 aliphatic carbocycles. The van der Waals surface area contributed by atoms with Crippen LogP contribution in [-0.2, 0) is 26.2 Å². The van der Waals surface area contributed by atoms with E-state index in [1.165, 1.54) is 16.7 Å². The van der Waals surface area contributed by atoms with Crippen LogP contribution in [0.15, 0.2) is 18.2 Å². The van der Waals surface area contributed by atoms with Gasteiger partial charge in [-0.05, 0) is 43.7 Å². The number of rotatable bonds is 0. The topological polar surface area (TPSA) is 51.2 Å². The molecule has 5 atom stereocenters. The highest BCUT2D eigenvalue weighted by Gasteiger charge is 2.86. The molecule has 1 N–H and O–H groups in total. The van der Waals surface area contributed by atoms with E-state index in [9.17, 15) is 5.11 Å². The summed E-state index contributed by atoms with van der Waals surface area (Å²) in [4.78, 5) is 0. The van der Waals surface area contributed by atoms with Crippen molar-refractivity contribution in [2.45, 2.75) is 69.0 Å². The first-order chi connectivity index (χ1) is 12.0. The first-order valence-corrected chi connectivity index (χ1v) is 9.74. The fourth-order valence-electron chi connectivity index (χ4n) is 7.15. The first kappa shape index (κ1) is 15.2. The third-order valence-corrected chi connectivity index (χ3v) is 8.16. The molecule has 1 aromatic rings. The molecule has 4 nitrogen and oxygen atoms in total. The number of benzene rings is 1. The highest BCUT2D eigenvalue weighted by Crippen LogP contribution is 2.78. The molecular weight excluding hydrogens is 316 g/mol. The van der Waals surface area contributed by atoms with Gasteiger partial charge in [0, 0.05) is 17.8 Å². The van der Waals surface area contributed by atoms with Gasteiger partial charge in [-0.25, -0.2) is 0 Å². The van der Waals surface area contributed by atoms with Crippen LogP contribution in [0.25, 0.3) is 0 Å². The van der Waals surface area contributed by atoms with Crippen molar-refractivity contribution in [1.29, 1.82) is 0 Å². The summed E-state index contributed by atoms with van der Waals surface area (Å²) in [5.41, 5.74) is 2.96. The average Bonchev–Trinajstić information content (AvgIpc) is 2.92. The minimum absolute atomic E-state index is 0.175. The van der Waals surface area contributed by atoms with E-state index in [-0.39, 0.29) is 11.0 Å². The summed E-state index contributed by atoms with van der Waals surface area (Å²) >= 11 is 0. The third-order valence-electron chi connectivity index (χ3n) is 8.16. The second kappa shape index (κ2) is 4.30. The van der Waals surface area contributed by atoms with Crippen molar-refractivity contribution in [2.24, 2.45) is 11.3 Å². The minimum Gasteiger partial charge on any atom is -0.390 e. The molecule has 2 heterocycles. The Kier molecular flexibility index (Phi) is 2.61. The summed E-state index contributed by atoms with van der Waals surface area (Å²) < 4.78 is 18.9. The van der Waals surface area contributed by atoms with Gasteiger partial charge in [-0.15, -0.1) is 0 Å². The van der Waals surface area contributed by atoms with Crippen molar-refractivity contribution >= 4 is 0 Å².